The minimum atomic E-state index is -0.315. The van der Waals surface area contributed by atoms with Gasteiger partial charge in [0.25, 0.3) is 0 Å². The molecular weight excluding hydrogens is 498 g/mol. The average molecular weight is 523 g/mol. The molecule has 1 N–H and O–H groups in total. The molecule has 0 saturated heterocycles. The maximum absolute atomic E-state index is 13.9. The standard InChI is InChI=1S/C19H24ClFN4O2.HI/c1-4-22-19(25(3)10-17-7-15(20)9-24(17)2)23-8-13-5-16(21)6-14-11-26-12-27-18(13)14;/h5-7,9H,4,8,10-12H2,1-3H3,(H,22,23);1H. The fourth-order valence-electron chi connectivity index (χ4n) is 3.05. The SMILES string of the molecule is CCNC(=NCc1cc(F)cc2c1OCOC2)N(C)Cc1cc(Cl)cn1C.I. The summed E-state index contributed by atoms with van der Waals surface area (Å²) in [5, 5.41) is 3.97. The van der Waals surface area contributed by atoms with Crippen molar-refractivity contribution in [3.8, 4) is 5.75 Å². The van der Waals surface area contributed by atoms with E-state index in [4.69, 9.17) is 21.1 Å². The largest absolute Gasteiger partial charge is 0.467 e. The van der Waals surface area contributed by atoms with E-state index in [0.29, 0.717) is 41.6 Å². The number of ether oxygens (including phenoxy) is 2. The van der Waals surface area contributed by atoms with Crippen LogP contribution in [0.15, 0.2) is 29.4 Å². The Morgan fingerprint density at radius 2 is 2.18 bits per heavy atom. The second-order valence-corrected chi connectivity index (χ2v) is 6.89. The van der Waals surface area contributed by atoms with Crippen molar-refractivity contribution in [1.29, 1.82) is 0 Å². The zero-order valence-electron chi connectivity index (χ0n) is 16.2. The van der Waals surface area contributed by atoms with Crippen molar-refractivity contribution in [2.45, 2.75) is 26.6 Å². The molecule has 2 heterocycles. The number of nitrogens with zero attached hydrogens (tertiary/aromatic N) is 3. The van der Waals surface area contributed by atoms with Crippen molar-refractivity contribution < 1.29 is 13.9 Å². The Kier molecular flexibility index (Phi) is 8.38. The van der Waals surface area contributed by atoms with Crippen LogP contribution in [0.1, 0.15) is 23.7 Å². The molecule has 0 amide bonds. The van der Waals surface area contributed by atoms with Crippen molar-refractivity contribution in [1.82, 2.24) is 14.8 Å². The first kappa shape index (κ1) is 22.8. The van der Waals surface area contributed by atoms with Crippen LogP contribution in [0.4, 0.5) is 4.39 Å². The summed E-state index contributed by atoms with van der Waals surface area (Å²) < 4.78 is 26.7. The van der Waals surface area contributed by atoms with Gasteiger partial charge in [-0.2, -0.15) is 0 Å². The van der Waals surface area contributed by atoms with Crippen molar-refractivity contribution >= 4 is 41.5 Å². The van der Waals surface area contributed by atoms with E-state index >= 15 is 0 Å². The van der Waals surface area contributed by atoms with E-state index < -0.39 is 0 Å². The summed E-state index contributed by atoms with van der Waals surface area (Å²) in [6.07, 6.45) is 1.87. The van der Waals surface area contributed by atoms with Gasteiger partial charge in [0, 0.05) is 43.7 Å². The zero-order chi connectivity index (χ0) is 19.4. The Labute approximate surface area is 186 Å². The van der Waals surface area contributed by atoms with E-state index in [9.17, 15) is 4.39 Å². The summed E-state index contributed by atoms with van der Waals surface area (Å²) in [6.45, 7) is 4.19. The van der Waals surface area contributed by atoms with E-state index in [2.05, 4.69) is 10.3 Å². The first-order valence-electron chi connectivity index (χ1n) is 8.80. The monoisotopic (exact) mass is 522 g/mol. The number of hydrogen-bond acceptors (Lipinski definition) is 3. The van der Waals surface area contributed by atoms with Gasteiger partial charge in [0.2, 0.25) is 0 Å². The number of rotatable bonds is 5. The predicted octanol–water partition coefficient (Wildman–Crippen LogP) is 3.90. The summed E-state index contributed by atoms with van der Waals surface area (Å²) in [7, 11) is 3.91. The highest BCUT2D eigenvalue weighted by atomic mass is 127. The van der Waals surface area contributed by atoms with Crippen LogP contribution in [-0.2, 0) is 31.5 Å². The highest BCUT2D eigenvalue weighted by Crippen LogP contribution is 2.30. The van der Waals surface area contributed by atoms with E-state index in [1.165, 1.54) is 12.1 Å². The molecule has 0 atom stereocenters. The Hall–Kier alpha value is -1.52. The summed E-state index contributed by atoms with van der Waals surface area (Å²) in [4.78, 5) is 6.67. The first-order chi connectivity index (χ1) is 13.0. The number of aliphatic imine (C=N–C) groups is 1. The zero-order valence-corrected chi connectivity index (χ0v) is 19.3. The molecule has 1 aliphatic heterocycles. The van der Waals surface area contributed by atoms with Crippen LogP contribution in [0.2, 0.25) is 5.02 Å². The molecule has 6 nitrogen and oxygen atoms in total. The molecule has 28 heavy (non-hydrogen) atoms. The minimum absolute atomic E-state index is 0. The van der Waals surface area contributed by atoms with Crippen LogP contribution in [-0.4, -0.2) is 35.8 Å². The molecule has 0 bridgehead atoms. The highest BCUT2D eigenvalue weighted by Gasteiger charge is 2.17. The molecule has 0 spiro atoms. The first-order valence-corrected chi connectivity index (χ1v) is 9.17. The Bertz CT molecular complexity index is 844. The van der Waals surface area contributed by atoms with Crippen molar-refractivity contribution in [3.05, 3.63) is 52.1 Å². The van der Waals surface area contributed by atoms with Crippen LogP contribution in [0.25, 0.3) is 0 Å². The number of benzene rings is 1. The van der Waals surface area contributed by atoms with E-state index in [0.717, 1.165) is 18.2 Å². The maximum Gasteiger partial charge on any atom is 0.194 e. The molecule has 1 aromatic carbocycles. The molecule has 0 fully saturated rings. The van der Waals surface area contributed by atoms with Gasteiger partial charge in [-0.1, -0.05) is 11.6 Å². The topological polar surface area (TPSA) is 51.0 Å². The molecular formula is C19H25ClFIN4O2. The fraction of sp³-hybridized carbons (Fsp3) is 0.421. The smallest absolute Gasteiger partial charge is 0.194 e. The van der Waals surface area contributed by atoms with Crippen molar-refractivity contribution in [2.75, 3.05) is 20.4 Å². The van der Waals surface area contributed by atoms with E-state index in [-0.39, 0.29) is 36.6 Å². The minimum Gasteiger partial charge on any atom is -0.467 e. The van der Waals surface area contributed by atoms with Gasteiger partial charge in [0.15, 0.2) is 12.8 Å². The molecule has 3 rings (SSSR count). The number of fused-ring (bicyclic) bond motifs is 1. The van der Waals surface area contributed by atoms with Gasteiger partial charge in [-0.25, -0.2) is 9.38 Å². The summed E-state index contributed by atoms with van der Waals surface area (Å²) >= 11 is 6.07. The third-order valence-corrected chi connectivity index (χ3v) is 4.53. The van der Waals surface area contributed by atoms with Gasteiger partial charge in [0.1, 0.15) is 11.6 Å². The Morgan fingerprint density at radius 1 is 1.39 bits per heavy atom. The predicted molar refractivity (Wildman–Crippen MR) is 119 cm³/mol. The number of hydrogen-bond donors (Lipinski definition) is 1. The van der Waals surface area contributed by atoms with Crippen LogP contribution >= 0.6 is 35.6 Å². The number of guanidine groups is 1. The molecule has 0 unspecified atom stereocenters. The lowest BCUT2D eigenvalue weighted by Gasteiger charge is -2.23. The number of nitrogens with one attached hydrogen (secondary N) is 1. The van der Waals surface area contributed by atoms with Gasteiger partial charge >= 0.3 is 0 Å². The van der Waals surface area contributed by atoms with Gasteiger partial charge in [-0.15, -0.1) is 24.0 Å². The van der Waals surface area contributed by atoms with Crippen LogP contribution < -0.4 is 10.1 Å². The second kappa shape index (κ2) is 10.3. The summed E-state index contributed by atoms with van der Waals surface area (Å²) in [6, 6.07) is 4.84. The Balaban J connectivity index is 0.00000280. The molecule has 0 radical (unpaired) electrons. The second-order valence-electron chi connectivity index (χ2n) is 6.45. The van der Waals surface area contributed by atoms with Gasteiger partial charge in [0.05, 0.1) is 24.7 Å². The maximum atomic E-state index is 13.9. The number of aromatic nitrogens is 1. The normalized spacial score (nSPS) is 13.4. The molecule has 154 valence electrons. The fourth-order valence-corrected chi connectivity index (χ4v) is 3.32. The van der Waals surface area contributed by atoms with E-state index in [1.54, 1.807) is 0 Å². The van der Waals surface area contributed by atoms with E-state index in [1.807, 2.05) is 42.7 Å². The molecule has 2 aromatic rings. The van der Waals surface area contributed by atoms with Crippen molar-refractivity contribution in [3.63, 3.8) is 0 Å². The van der Waals surface area contributed by atoms with Gasteiger partial charge in [-0.3, -0.25) is 0 Å². The lowest BCUT2D eigenvalue weighted by molar-refractivity contribution is -0.0172. The highest BCUT2D eigenvalue weighted by molar-refractivity contribution is 14.0. The molecule has 1 aliphatic rings. The Morgan fingerprint density at radius 3 is 2.86 bits per heavy atom. The van der Waals surface area contributed by atoms with Crippen LogP contribution in [0, 0.1) is 5.82 Å². The quantitative estimate of drug-likeness (QED) is 0.368. The molecule has 1 aromatic heterocycles. The molecule has 9 heteroatoms. The van der Waals surface area contributed by atoms with Crippen LogP contribution in [0.3, 0.4) is 0 Å². The number of aryl methyl sites for hydroxylation is 1. The third kappa shape index (κ3) is 5.51. The third-order valence-electron chi connectivity index (χ3n) is 4.32. The van der Waals surface area contributed by atoms with Gasteiger partial charge < -0.3 is 24.3 Å². The summed E-state index contributed by atoms with van der Waals surface area (Å²) in [5.74, 6) is 1.07. The lowest BCUT2D eigenvalue weighted by Crippen LogP contribution is -2.38. The molecule has 0 aliphatic carbocycles. The average Bonchev–Trinajstić information content (AvgIpc) is 2.95. The van der Waals surface area contributed by atoms with Gasteiger partial charge in [-0.05, 0) is 25.1 Å². The summed E-state index contributed by atoms with van der Waals surface area (Å²) in [5.41, 5.74) is 2.49. The van der Waals surface area contributed by atoms with Crippen molar-refractivity contribution in [2.24, 2.45) is 12.0 Å². The lowest BCUT2D eigenvalue weighted by atomic mass is 10.1. The molecule has 0 saturated carbocycles. The number of halogens is 3. The van der Waals surface area contributed by atoms with Crippen LogP contribution in [0.5, 0.6) is 5.75 Å².